The molecule has 0 spiro atoms. The fourth-order valence-corrected chi connectivity index (χ4v) is 4.22. The van der Waals surface area contributed by atoms with E-state index in [4.69, 9.17) is 9.47 Å². The third-order valence-corrected chi connectivity index (χ3v) is 6.47. The first kappa shape index (κ1) is 33.5. The second-order valence-corrected chi connectivity index (χ2v) is 9.87. The van der Waals surface area contributed by atoms with Crippen molar-refractivity contribution < 1.29 is 19.1 Å². The summed E-state index contributed by atoms with van der Waals surface area (Å²) in [5.74, 6) is 5.51. The molecule has 0 saturated heterocycles. The molecule has 0 aromatic carbocycles. The van der Waals surface area contributed by atoms with Crippen LogP contribution in [0.1, 0.15) is 162 Å². The molecule has 0 aliphatic carbocycles. The van der Waals surface area contributed by atoms with Crippen molar-refractivity contribution in [3.63, 3.8) is 0 Å². The van der Waals surface area contributed by atoms with Crippen LogP contribution in [0.5, 0.6) is 0 Å². The van der Waals surface area contributed by atoms with E-state index in [1.54, 1.807) is 6.92 Å². The third-order valence-electron chi connectivity index (χ3n) is 6.47. The van der Waals surface area contributed by atoms with Gasteiger partial charge in [0.15, 0.2) is 6.10 Å². The zero-order valence-electron chi connectivity index (χ0n) is 23.5. The predicted octanol–water partition coefficient (Wildman–Crippen LogP) is 9.09. The molecule has 204 valence electrons. The largest absolute Gasteiger partial charge is 0.466 e. The number of unbranched alkanes of at least 4 members (excludes halogenated alkanes) is 17. The van der Waals surface area contributed by atoms with E-state index in [1.807, 2.05) is 6.92 Å². The first-order valence-corrected chi connectivity index (χ1v) is 14.9. The molecule has 0 aliphatic heterocycles. The quantitative estimate of drug-likeness (QED) is 0.0724. The van der Waals surface area contributed by atoms with Crippen LogP contribution in [0.15, 0.2) is 0 Å². The van der Waals surface area contributed by atoms with Crippen molar-refractivity contribution >= 4 is 11.9 Å². The molecule has 0 fully saturated rings. The molecule has 0 heterocycles. The van der Waals surface area contributed by atoms with Gasteiger partial charge in [0.05, 0.1) is 6.61 Å². The minimum atomic E-state index is -0.267. The van der Waals surface area contributed by atoms with Gasteiger partial charge in [-0.05, 0) is 32.6 Å². The number of ether oxygens (including phenoxy) is 2. The minimum absolute atomic E-state index is 0.0488. The summed E-state index contributed by atoms with van der Waals surface area (Å²) in [7, 11) is 0. The van der Waals surface area contributed by atoms with Crippen LogP contribution < -0.4 is 0 Å². The van der Waals surface area contributed by atoms with E-state index in [0.717, 1.165) is 51.4 Å². The monoisotopic (exact) mass is 492 g/mol. The maximum absolute atomic E-state index is 11.8. The van der Waals surface area contributed by atoms with Crippen molar-refractivity contribution in [1.82, 2.24) is 0 Å². The Labute approximate surface area is 217 Å². The molecule has 0 aliphatic rings. The number of esters is 2. The van der Waals surface area contributed by atoms with Crippen molar-refractivity contribution in [2.45, 2.75) is 168 Å². The maximum Gasteiger partial charge on any atom is 0.307 e. The molecule has 0 N–H and O–H groups in total. The Bertz CT molecular complexity index is 546. The summed E-state index contributed by atoms with van der Waals surface area (Å²) >= 11 is 0. The van der Waals surface area contributed by atoms with Crippen molar-refractivity contribution in [2.75, 3.05) is 6.61 Å². The number of hydrogen-bond donors (Lipinski definition) is 0. The van der Waals surface area contributed by atoms with E-state index in [9.17, 15) is 9.59 Å². The van der Waals surface area contributed by atoms with Gasteiger partial charge in [0, 0.05) is 12.8 Å². The van der Waals surface area contributed by atoms with E-state index >= 15 is 0 Å². The Balaban J connectivity index is 3.33. The van der Waals surface area contributed by atoms with Crippen LogP contribution in [0.3, 0.4) is 0 Å². The first-order valence-electron chi connectivity index (χ1n) is 14.9. The lowest BCUT2D eigenvalue weighted by Gasteiger charge is -2.10. The summed E-state index contributed by atoms with van der Waals surface area (Å²) in [6.45, 7) is 6.58. The normalized spacial score (nSPS) is 11.5. The van der Waals surface area contributed by atoms with Gasteiger partial charge in [-0.25, -0.2) is 0 Å². The van der Waals surface area contributed by atoms with E-state index in [0.29, 0.717) is 19.4 Å². The lowest BCUT2D eigenvalue weighted by atomic mass is 10.0. The molecule has 0 radical (unpaired) electrons. The Morgan fingerprint density at radius 1 is 0.600 bits per heavy atom. The van der Waals surface area contributed by atoms with Crippen molar-refractivity contribution in [3.8, 4) is 11.8 Å². The smallest absolute Gasteiger partial charge is 0.307 e. The number of carbonyl (C=O) groups is 2. The number of rotatable bonds is 25. The van der Waals surface area contributed by atoms with Crippen molar-refractivity contribution in [2.24, 2.45) is 0 Å². The Morgan fingerprint density at radius 3 is 1.49 bits per heavy atom. The summed E-state index contributed by atoms with van der Waals surface area (Å²) in [5.41, 5.74) is 0. The average Bonchev–Trinajstić information content (AvgIpc) is 2.85. The summed E-state index contributed by atoms with van der Waals surface area (Å²) in [6, 6.07) is 0. The minimum Gasteiger partial charge on any atom is -0.466 e. The van der Waals surface area contributed by atoms with Gasteiger partial charge >= 0.3 is 11.9 Å². The van der Waals surface area contributed by atoms with E-state index in [-0.39, 0.29) is 18.0 Å². The third kappa shape index (κ3) is 25.4. The van der Waals surface area contributed by atoms with Crippen LogP contribution in [-0.4, -0.2) is 24.6 Å². The lowest BCUT2D eigenvalue weighted by Crippen LogP contribution is -2.15. The van der Waals surface area contributed by atoms with Gasteiger partial charge in [-0.3, -0.25) is 9.59 Å². The molecule has 0 aromatic heterocycles. The number of carbonyl (C=O) groups excluding carboxylic acids is 2. The van der Waals surface area contributed by atoms with Crippen LogP contribution in [0, 0.1) is 11.8 Å². The SMILES string of the molecule is CC#CC(CC)OC(=O)CCCCCCCCC(=O)OCCCCCCCCCCCCCCC. The molecule has 4 heteroatoms. The zero-order valence-corrected chi connectivity index (χ0v) is 23.5. The summed E-state index contributed by atoms with van der Waals surface area (Å²) in [5, 5.41) is 0. The van der Waals surface area contributed by atoms with Crippen LogP contribution in [0.4, 0.5) is 0 Å². The van der Waals surface area contributed by atoms with Crippen LogP contribution in [0.25, 0.3) is 0 Å². The fourth-order valence-electron chi connectivity index (χ4n) is 4.22. The van der Waals surface area contributed by atoms with E-state index in [1.165, 1.54) is 77.0 Å². The average molecular weight is 493 g/mol. The zero-order chi connectivity index (χ0) is 25.8. The Kier molecular flexibility index (Phi) is 25.9. The standard InChI is InChI=1S/C31H56O4/c1-4-7-8-9-10-11-12-13-14-15-18-21-24-28-34-30(32)26-22-19-16-17-20-23-27-31(33)35-29(6-3)25-5-2/h29H,4,6-24,26-28H2,1-3H3. The van der Waals surface area contributed by atoms with E-state index < -0.39 is 0 Å². The molecule has 0 aromatic rings. The maximum atomic E-state index is 11.8. The Hall–Kier alpha value is -1.50. The highest BCUT2D eigenvalue weighted by Gasteiger charge is 2.09. The number of hydrogen-bond acceptors (Lipinski definition) is 4. The summed E-state index contributed by atoms with van der Waals surface area (Å²) in [4.78, 5) is 23.6. The first-order chi connectivity index (χ1) is 17.1. The van der Waals surface area contributed by atoms with Gasteiger partial charge in [-0.1, -0.05) is 123 Å². The van der Waals surface area contributed by atoms with Gasteiger partial charge in [0.25, 0.3) is 0 Å². The van der Waals surface area contributed by atoms with Gasteiger partial charge in [-0.15, -0.1) is 5.92 Å². The summed E-state index contributed by atoms with van der Waals surface area (Å²) in [6.07, 6.45) is 24.7. The highest BCUT2D eigenvalue weighted by atomic mass is 16.5. The molecule has 35 heavy (non-hydrogen) atoms. The lowest BCUT2D eigenvalue weighted by molar-refractivity contribution is -0.147. The van der Waals surface area contributed by atoms with Crippen LogP contribution in [0.2, 0.25) is 0 Å². The van der Waals surface area contributed by atoms with Gasteiger partial charge < -0.3 is 9.47 Å². The summed E-state index contributed by atoms with van der Waals surface area (Å²) < 4.78 is 10.7. The molecule has 0 saturated carbocycles. The van der Waals surface area contributed by atoms with Gasteiger partial charge in [0.1, 0.15) is 0 Å². The molecule has 0 rings (SSSR count). The fraction of sp³-hybridized carbons (Fsp3) is 0.871. The molecule has 1 atom stereocenters. The molecular formula is C31H56O4. The molecule has 0 amide bonds. The highest BCUT2D eigenvalue weighted by Crippen LogP contribution is 2.13. The van der Waals surface area contributed by atoms with Gasteiger partial charge in [-0.2, -0.15) is 0 Å². The predicted molar refractivity (Wildman–Crippen MR) is 147 cm³/mol. The molecular weight excluding hydrogens is 436 g/mol. The second-order valence-electron chi connectivity index (χ2n) is 9.87. The topological polar surface area (TPSA) is 52.6 Å². The second kappa shape index (κ2) is 27.1. The van der Waals surface area contributed by atoms with Gasteiger partial charge in [0.2, 0.25) is 0 Å². The molecule has 0 bridgehead atoms. The van der Waals surface area contributed by atoms with Crippen molar-refractivity contribution in [1.29, 1.82) is 0 Å². The Morgan fingerprint density at radius 2 is 1.03 bits per heavy atom. The molecule has 4 nitrogen and oxygen atoms in total. The highest BCUT2D eigenvalue weighted by molar-refractivity contribution is 5.69. The van der Waals surface area contributed by atoms with E-state index in [2.05, 4.69) is 18.8 Å². The van der Waals surface area contributed by atoms with Crippen LogP contribution in [-0.2, 0) is 19.1 Å². The molecule has 1 unspecified atom stereocenters. The van der Waals surface area contributed by atoms with Crippen molar-refractivity contribution in [3.05, 3.63) is 0 Å². The van der Waals surface area contributed by atoms with Crippen LogP contribution >= 0.6 is 0 Å².